The molecule has 0 atom stereocenters. The molecule has 0 amide bonds. The molecule has 0 aliphatic rings. The lowest BCUT2D eigenvalue weighted by Gasteiger charge is -1.99. The number of hydrogen-bond acceptors (Lipinski definition) is 11. The molecule has 12 nitrogen and oxygen atoms in total. The maximum Gasteiger partial charge on any atom is 0.337 e. The topological polar surface area (TPSA) is 168 Å². The third kappa shape index (κ3) is 6.37. The predicted molar refractivity (Wildman–Crippen MR) is 187 cm³/mol. The number of carboxylic acid groups (broad SMARTS) is 1. The number of carbonyl (C=O) groups is 2. The Morgan fingerprint density at radius 1 is 0.588 bits per heavy atom. The van der Waals surface area contributed by atoms with Crippen LogP contribution in [0.1, 0.15) is 43.0 Å². The molecule has 0 radical (unpaired) electrons. The SMILES string of the molecule is COC(=O)c1ccc(-c2noc(-c3cc4c(C)ccc(C)c4o3)n2)cc1.Cc1ccc(C)c2oc(-c3nc(-c4ccc(C(=O)O)cc4)no3)cc12. The van der Waals surface area contributed by atoms with Gasteiger partial charge in [-0.3, -0.25) is 0 Å². The Hall–Kier alpha value is -6.82. The Labute approximate surface area is 290 Å². The number of carboxylic acids is 1. The van der Waals surface area contributed by atoms with Crippen LogP contribution < -0.4 is 0 Å². The molecule has 0 saturated carbocycles. The van der Waals surface area contributed by atoms with Crippen molar-refractivity contribution in [2.24, 2.45) is 0 Å². The van der Waals surface area contributed by atoms with Crippen LogP contribution >= 0.6 is 0 Å². The van der Waals surface area contributed by atoms with Crippen molar-refractivity contribution < 1.29 is 37.3 Å². The molecule has 0 fully saturated rings. The summed E-state index contributed by atoms with van der Waals surface area (Å²) < 4.78 is 27.2. The van der Waals surface area contributed by atoms with Gasteiger partial charge < -0.3 is 27.7 Å². The molecule has 0 unspecified atom stereocenters. The standard InChI is InChI=1S/C20H16N2O4.C19H14N2O4/c1-11-4-5-12(2)17-15(11)10-16(25-17)19-21-18(22-26-19)13-6-8-14(9-7-13)20(23)24-3;1-10-3-4-11(2)16-14(10)9-15(24-16)18-20-17(21-25-18)12-5-7-13(8-6-12)19(22)23/h4-10H,1-3H3;3-9H,1-2H3,(H,22,23). The van der Waals surface area contributed by atoms with Gasteiger partial charge in [-0.15, -0.1) is 0 Å². The number of hydrogen-bond donors (Lipinski definition) is 1. The number of methoxy groups -OCH3 is 1. The number of carbonyl (C=O) groups excluding carboxylic acids is 1. The van der Waals surface area contributed by atoms with Gasteiger partial charge in [0, 0.05) is 21.9 Å². The summed E-state index contributed by atoms with van der Waals surface area (Å²) >= 11 is 0. The monoisotopic (exact) mass is 682 g/mol. The minimum atomic E-state index is -0.978. The van der Waals surface area contributed by atoms with Gasteiger partial charge in [-0.25, -0.2) is 9.59 Å². The average Bonchev–Trinajstić information content (AvgIpc) is 3.97. The van der Waals surface area contributed by atoms with Crippen molar-refractivity contribution in [1.29, 1.82) is 0 Å². The zero-order valence-corrected chi connectivity index (χ0v) is 28.2. The van der Waals surface area contributed by atoms with Crippen LogP contribution in [0, 0.1) is 27.7 Å². The van der Waals surface area contributed by atoms with Crippen molar-refractivity contribution in [1.82, 2.24) is 20.3 Å². The lowest BCUT2D eigenvalue weighted by Crippen LogP contribution is -2.00. The van der Waals surface area contributed by atoms with Gasteiger partial charge in [0.25, 0.3) is 11.8 Å². The van der Waals surface area contributed by atoms with E-state index in [1.807, 2.05) is 58.0 Å². The van der Waals surface area contributed by atoms with Crippen LogP contribution in [0.3, 0.4) is 0 Å². The predicted octanol–water partition coefficient (Wildman–Crippen LogP) is 9.02. The van der Waals surface area contributed by atoms with Gasteiger partial charge in [0.2, 0.25) is 11.6 Å². The molecule has 8 rings (SSSR count). The van der Waals surface area contributed by atoms with Crippen LogP contribution in [0.15, 0.2) is 103 Å². The summed E-state index contributed by atoms with van der Waals surface area (Å²) in [6.07, 6.45) is 0. The van der Waals surface area contributed by atoms with Gasteiger partial charge in [-0.1, -0.05) is 58.8 Å². The van der Waals surface area contributed by atoms with Crippen LogP contribution in [0.2, 0.25) is 0 Å². The van der Waals surface area contributed by atoms with Gasteiger partial charge in [0.05, 0.1) is 18.2 Å². The summed E-state index contributed by atoms with van der Waals surface area (Å²) in [6, 6.07) is 25.0. The molecule has 4 heterocycles. The fourth-order valence-electron chi connectivity index (χ4n) is 5.51. The zero-order chi connectivity index (χ0) is 35.8. The van der Waals surface area contributed by atoms with E-state index in [9.17, 15) is 9.59 Å². The highest BCUT2D eigenvalue weighted by atomic mass is 16.5. The van der Waals surface area contributed by atoms with Crippen LogP contribution in [-0.4, -0.2) is 44.4 Å². The number of fused-ring (bicyclic) bond motifs is 2. The summed E-state index contributed by atoms with van der Waals surface area (Å²) in [5, 5.41) is 19.0. The maximum atomic E-state index is 11.5. The number of aryl methyl sites for hydroxylation is 4. The summed E-state index contributed by atoms with van der Waals surface area (Å²) in [4.78, 5) is 31.2. The Balaban J connectivity index is 0.000000159. The van der Waals surface area contributed by atoms with E-state index in [2.05, 4.69) is 26.3 Å². The van der Waals surface area contributed by atoms with Gasteiger partial charge >= 0.3 is 11.9 Å². The molecular formula is C39H30N4O8. The number of benzene rings is 4. The first kappa shape index (κ1) is 32.7. The van der Waals surface area contributed by atoms with Gasteiger partial charge in [-0.05, 0) is 86.3 Å². The van der Waals surface area contributed by atoms with Crippen molar-refractivity contribution in [3.05, 3.63) is 118 Å². The molecule has 51 heavy (non-hydrogen) atoms. The molecule has 4 aromatic carbocycles. The molecule has 1 N–H and O–H groups in total. The van der Waals surface area contributed by atoms with E-state index in [1.54, 1.807) is 36.4 Å². The number of rotatable bonds is 6. The number of furan rings is 2. The molecule has 4 aromatic heterocycles. The summed E-state index contributed by atoms with van der Waals surface area (Å²) in [7, 11) is 1.35. The maximum absolute atomic E-state index is 11.5. The van der Waals surface area contributed by atoms with E-state index in [-0.39, 0.29) is 11.5 Å². The van der Waals surface area contributed by atoms with Crippen molar-refractivity contribution in [3.8, 4) is 46.1 Å². The second-order valence-electron chi connectivity index (χ2n) is 11.9. The lowest BCUT2D eigenvalue weighted by molar-refractivity contribution is 0.0599. The molecule has 0 bridgehead atoms. The largest absolute Gasteiger partial charge is 0.478 e. The highest BCUT2D eigenvalue weighted by molar-refractivity contribution is 5.90. The lowest BCUT2D eigenvalue weighted by atomic mass is 10.1. The van der Waals surface area contributed by atoms with E-state index < -0.39 is 11.9 Å². The van der Waals surface area contributed by atoms with Gasteiger partial charge in [-0.2, -0.15) is 9.97 Å². The van der Waals surface area contributed by atoms with Crippen molar-refractivity contribution in [2.75, 3.05) is 7.11 Å². The number of aromatic nitrogens is 4. The van der Waals surface area contributed by atoms with Crippen molar-refractivity contribution in [2.45, 2.75) is 27.7 Å². The third-order valence-corrected chi connectivity index (χ3v) is 8.42. The Kier molecular flexibility index (Phi) is 8.49. The number of ether oxygens (including phenoxy) is 1. The van der Waals surface area contributed by atoms with Crippen molar-refractivity contribution >= 4 is 33.9 Å². The molecule has 0 aliphatic heterocycles. The zero-order valence-electron chi connectivity index (χ0n) is 28.2. The number of nitrogens with zero attached hydrogens (tertiary/aromatic N) is 4. The van der Waals surface area contributed by atoms with E-state index >= 15 is 0 Å². The first-order valence-electron chi connectivity index (χ1n) is 15.8. The molecule has 8 aromatic rings. The molecule has 0 spiro atoms. The second kappa shape index (κ2) is 13.2. The average molecular weight is 683 g/mol. The Morgan fingerprint density at radius 3 is 1.39 bits per heavy atom. The first-order valence-corrected chi connectivity index (χ1v) is 15.8. The summed E-state index contributed by atoms with van der Waals surface area (Å²) in [6.45, 7) is 8.03. The van der Waals surface area contributed by atoms with Crippen LogP contribution in [0.25, 0.3) is 68.0 Å². The summed E-state index contributed by atoms with van der Waals surface area (Å²) in [5.74, 6) is 1.06. The molecule has 0 saturated heterocycles. The number of aromatic carboxylic acids is 1. The molecule has 254 valence electrons. The van der Waals surface area contributed by atoms with E-state index in [0.717, 1.165) is 49.8 Å². The third-order valence-electron chi connectivity index (χ3n) is 8.42. The van der Waals surface area contributed by atoms with Gasteiger partial charge in [0.15, 0.2) is 11.5 Å². The molecule has 12 heteroatoms. The van der Waals surface area contributed by atoms with Crippen LogP contribution in [0.5, 0.6) is 0 Å². The highest BCUT2D eigenvalue weighted by Crippen LogP contribution is 2.33. The highest BCUT2D eigenvalue weighted by Gasteiger charge is 2.19. The second-order valence-corrected chi connectivity index (χ2v) is 11.9. The Bertz CT molecular complexity index is 2480. The van der Waals surface area contributed by atoms with E-state index in [1.165, 1.54) is 19.2 Å². The molecular weight excluding hydrogens is 652 g/mol. The van der Waals surface area contributed by atoms with Crippen LogP contribution in [0.4, 0.5) is 0 Å². The summed E-state index contributed by atoms with van der Waals surface area (Å²) in [5.41, 5.74) is 8.02. The minimum Gasteiger partial charge on any atom is -0.478 e. The van der Waals surface area contributed by atoms with Crippen LogP contribution in [-0.2, 0) is 4.74 Å². The fourth-order valence-corrected chi connectivity index (χ4v) is 5.51. The fraction of sp³-hybridized carbons (Fsp3) is 0.128. The first-order chi connectivity index (χ1) is 24.6. The number of esters is 1. The Morgan fingerprint density at radius 2 is 1.00 bits per heavy atom. The molecule has 0 aliphatic carbocycles. The van der Waals surface area contributed by atoms with Crippen molar-refractivity contribution in [3.63, 3.8) is 0 Å². The smallest absolute Gasteiger partial charge is 0.337 e. The minimum absolute atomic E-state index is 0.204. The quantitative estimate of drug-likeness (QED) is 0.165. The van der Waals surface area contributed by atoms with E-state index in [0.29, 0.717) is 40.2 Å². The normalized spacial score (nSPS) is 11.1. The van der Waals surface area contributed by atoms with E-state index in [4.69, 9.17) is 27.7 Å². The van der Waals surface area contributed by atoms with Gasteiger partial charge in [0.1, 0.15) is 11.2 Å².